The zero-order valence-corrected chi connectivity index (χ0v) is 19.5. The van der Waals surface area contributed by atoms with Gasteiger partial charge in [0.25, 0.3) is 0 Å². The number of ether oxygens (including phenoxy) is 1. The van der Waals surface area contributed by atoms with Crippen molar-refractivity contribution in [3.63, 3.8) is 0 Å². The van der Waals surface area contributed by atoms with Gasteiger partial charge in [-0.2, -0.15) is 0 Å². The number of amides is 1. The Morgan fingerprint density at radius 1 is 1.09 bits per heavy atom. The van der Waals surface area contributed by atoms with E-state index in [1.807, 2.05) is 54.4 Å². The van der Waals surface area contributed by atoms with Crippen molar-refractivity contribution >= 4 is 11.9 Å². The van der Waals surface area contributed by atoms with Crippen molar-refractivity contribution in [2.45, 2.75) is 50.5 Å². The highest BCUT2D eigenvalue weighted by atomic mass is 16.6. The molecule has 1 aliphatic carbocycles. The minimum atomic E-state index is -0.627. The van der Waals surface area contributed by atoms with E-state index in [0.717, 1.165) is 55.8 Å². The van der Waals surface area contributed by atoms with Gasteiger partial charge in [-0.25, -0.2) is 9.78 Å². The second-order valence-electron chi connectivity index (χ2n) is 9.78. The number of carbonyl (C=O) groups is 2. The minimum absolute atomic E-state index is 0.00119. The number of carbonyl (C=O) groups excluding carboxylic acids is 2. The number of piperidine rings is 1. The number of benzene rings is 1. The normalized spacial score (nSPS) is 25.0. The summed E-state index contributed by atoms with van der Waals surface area (Å²) in [7, 11) is 1.93. The van der Waals surface area contributed by atoms with E-state index in [1.165, 1.54) is 19.3 Å². The highest BCUT2D eigenvalue weighted by Gasteiger charge is 2.49. The average molecular weight is 448 g/mol. The lowest BCUT2D eigenvalue weighted by Gasteiger charge is -2.37. The first-order valence-corrected chi connectivity index (χ1v) is 12.3. The molecule has 33 heavy (non-hydrogen) atoms. The monoisotopic (exact) mass is 447 g/mol. The fourth-order valence-corrected chi connectivity index (χ4v) is 5.63. The molecule has 174 valence electrons. The van der Waals surface area contributed by atoms with Gasteiger partial charge < -0.3 is 14.5 Å². The zero-order chi connectivity index (χ0) is 22.8. The van der Waals surface area contributed by atoms with Crippen LogP contribution in [0.15, 0.2) is 42.5 Å². The maximum atomic E-state index is 13.1. The minimum Gasteiger partial charge on any atom is -0.449 e. The molecule has 0 unspecified atom stereocenters. The maximum absolute atomic E-state index is 13.1. The molecular weight excluding hydrogens is 414 g/mol. The molecule has 1 spiro atoms. The van der Waals surface area contributed by atoms with Crippen molar-refractivity contribution in [1.29, 1.82) is 0 Å². The van der Waals surface area contributed by atoms with Gasteiger partial charge >= 0.3 is 5.97 Å². The van der Waals surface area contributed by atoms with Crippen LogP contribution in [-0.4, -0.2) is 59.9 Å². The molecule has 5 rings (SSSR count). The summed E-state index contributed by atoms with van der Waals surface area (Å²) >= 11 is 0. The summed E-state index contributed by atoms with van der Waals surface area (Å²) in [5.74, 6) is -0.114. The van der Waals surface area contributed by atoms with Crippen LogP contribution in [0.25, 0.3) is 11.3 Å². The summed E-state index contributed by atoms with van der Waals surface area (Å²) in [6.45, 7) is 4.04. The Morgan fingerprint density at radius 3 is 2.55 bits per heavy atom. The van der Waals surface area contributed by atoms with Gasteiger partial charge in [-0.05, 0) is 57.7 Å². The molecule has 3 heterocycles. The smallest absolute Gasteiger partial charge is 0.358 e. The standard InChI is InChI=1S/C27H33N3O3/c1-29(18-19-30-16-6-3-7-17-30)25(31)21-12-14-27(15-13-21)22-10-11-23(20-8-4-2-5-9-20)28-24(22)26(32)33-27/h2,4-5,8-11,21H,3,6-7,12-19H2,1H3/t21-,27-. The number of nitrogens with zero attached hydrogens (tertiary/aromatic N) is 3. The third-order valence-electron chi connectivity index (χ3n) is 7.66. The largest absolute Gasteiger partial charge is 0.449 e. The number of likely N-dealkylation sites (N-methyl/N-ethyl adjacent to an activating group) is 1. The van der Waals surface area contributed by atoms with Crippen LogP contribution in [0.1, 0.15) is 61.0 Å². The van der Waals surface area contributed by atoms with E-state index in [1.54, 1.807) is 0 Å². The maximum Gasteiger partial charge on any atom is 0.358 e. The number of rotatable bonds is 5. The molecular formula is C27H33N3O3. The molecule has 2 aromatic rings. The van der Waals surface area contributed by atoms with Gasteiger partial charge in [-0.15, -0.1) is 0 Å². The summed E-state index contributed by atoms with van der Waals surface area (Å²) in [6.07, 6.45) is 6.68. The summed E-state index contributed by atoms with van der Waals surface area (Å²) in [4.78, 5) is 34.8. The molecule has 1 aromatic heterocycles. The van der Waals surface area contributed by atoms with Crippen molar-refractivity contribution in [3.05, 3.63) is 53.7 Å². The van der Waals surface area contributed by atoms with Gasteiger partial charge in [0.2, 0.25) is 5.91 Å². The van der Waals surface area contributed by atoms with E-state index in [0.29, 0.717) is 18.5 Å². The molecule has 1 aromatic carbocycles. The van der Waals surface area contributed by atoms with Crippen LogP contribution in [0.3, 0.4) is 0 Å². The fourth-order valence-electron chi connectivity index (χ4n) is 5.63. The van der Waals surface area contributed by atoms with Crippen LogP contribution in [0.2, 0.25) is 0 Å². The van der Waals surface area contributed by atoms with Crippen LogP contribution in [0, 0.1) is 5.92 Å². The van der Waals surface area contributed by atoms with E-state index >= 15 is 0 Å². The Morgan fingerprint density at radius 2 is 1.82 bits per heavy atom. The van der Waals surface area contributed by atoms with Crippen molar-refractivity contribution in [2.75, 3.05) is 33.2 Å². The molecule has 1 saturated heterocycles. The lowest BCUT2D eigenvalue weighted by molar-refractivity contribution is -0.137. The first-order chi connectivity index (χ1) is 16.1. The van der Waals surface area contributed by atoms with Crippen LogP contribution < -0.4 is 0 Å². The van der Waals surface area contributed by atoms with Crippen LogP contribution in [0.5, 0.6) is 0 Å². The number of pyridine rings is 1. The van der Waals surface area contributed by atoms with Crippen molar-refractivity contribution in [1.82, 2.24) is 14.8 Å². The third-order valence-corrected chi connectivity index (χ3v) is 7.66. The Bertz CT molecular complexity index is 1010. The van der Waals surface area contributed by atoms with E-state index in [2.05, 4.69) is 9.88 Å². The molecule has 1 amide bonds. The van der Waals surface area contributed by atoms with Crippen molar-refractivity contribution in [3.8, 4) is 11.3 Å². The van der Waals surface area contributed by atoms with Gasteiger partial charge in [0.15, 0.2) is 5.69 Å². The molecule has 2 aliphatic heterocycles. The Kier molecular flexibility index (Phi) is 6.19. The molecule has 6 heteroatoms. The topological polar surface area (TPSA) is 62.7 Å². The zero-order valence-electron chi connectivity index (χ0n) is 19.5. The summed E-state index contributed by atoms with van der Waals surface area (Å²) in [5, 5.41) is 0. The molecule has 0 bridgehead atoms. The molecule has 3 aliphatic rings. The highest BCUT2D eigenvalue weighted by molar-refractivity contribution is 5.93. The molecule has 0 atom stereocenters. The lowest BCUT2D eigenvalue weighted by atomic mass is 9.75. The number of fused-ring (bicyclic) bond motifs is 2. The quantitative estimate of drug-likeness (QED) is 0.642. The van der Waals surface area contributed by atoms with Crippen molar-refractivity contribution < 1.29 is 14.3 Å². The number of esters is 1. The van der Waals surface area contributed by atoms with Gasteiger partial charge in [0.1, 0.15) is 5.60 Å². The average Bonchev–Trinajstić information content (AvgIpc) is 3.14. The van der Waals surface area contributed by atoms with Gasteiger partial charge in [-0.3, -0.25) is 4.79 Å². The summed E-state index contributed by atoms with van der Waals surface area (Å²) in [5.41, 5.74) is 2.45. The highest BCUT2D eigenvalue weighted by Crippen LogP contribution is 2.48. The number of likely N-dealkylation sites (tertiary alicyclic amines) is 1. The van der Waals surface area contributed by atoms with E-state index in [4.69, 9.17) is 4.74 Å². The first-order valence-electron chi connectivity index (χ1n) is 12.3. The van der Waals surface area contributed by atoms with Gasteiger partial charge in [0, 0.05) is 37.2 Å². The molecule has 6 nitrogen and oxygen atoms in total. The molecule has 0 N–H and O–H groups in total. The van der Waals surface area contributed by atoms with Crippen LogP contribution in [-0.2, 0) is 15.1 Å². The molecule has 0 radical (unpaired) electrons. The second-order valence-corrected chi connectivity index (χ2v) is 9.78. The van der Waals surface area contributed by atoms with Gasteiger partial charge in [0.05, 0.1) is 5.69 Å². The number of hydrogen-bond acceptors (Lipinski definition) is 5. The Labute approximate surface area is 195 Å². The number of aromatic nitrogens is 1. The van der Waals surface area contributed by atoms with E-state index < -0.39 is 5.60 Å². The molecule has 2 fully saturated rings. The third kappa shape index (κ3) is 4.41. The summed E-state index contributed by atoms with van der Waals surface area (Å²) in [6, 6.07) is 13.8. The number of hydrogen-bond donors (Lipinski definition) is 0. The Balaban J connectivity index is 1.22. The lowest BCUT2D eigenvalue weighted by Crippen LogP contribution is -2.43. The second kappa shape index (κ2) is 9.26. The van der Waals surface area contributed by atoms with Crippen molar-refractivity contribution in [2.24, 2.45) is 5.92 Å². The van der Waals surface area contributed by atoms with Crippen LogP contribution in [0.4, 0.5) is 0 Å². The summed E-state index contributed by atoms with van der Waals surface area (Å²) < 4.78 is 5.93. The van der Waals surface area contributed by atoms with E-state index in [-0.39, 0.29) is 17.8 Å². The SMILES string of the molecule is CN(CCN1CCCCC1)C(=O)[C@H]1CC[C@@]2(CC1)OC(=O)c1nc(-c3ccccc3)ccc12. The fraction of sp³-hybridized carbons (Fsp3) is 0.519. The van der Waals surface area contributed by atoms with E-state index in [9.17, 15) is 9.59 Å². The van der Waals surface area contributed by atoms with Crippen LogP contribution >= 0.6 is 0 Å². The predicted molar refractivity (Wildman–Crippen MR) is 127 cm³/mol. The first kappa shape index (κ1) is 22.1. The predicted octanol–water partition coefficient (Wildman–Crippen LogP) is 4.25. The Hall–Kier alpha value is -2.73. The molecule has 1 saturated carbocycles. The van der Waals surface area contributed by atoms with Gasteiger partial charge in [-0.1, -0.05) is 42.8 Å².